The fraction of sp³-hybridized carbons (Fsp3) is 0.231. The van der Waals surface area contributed by atoms with Crippen LogP contribution in [0.1, 0.15) is 6.92 Å². The number of carbonyl (C=O) groups is 2. The average molecular weight is 293 g/mol. The monoisotopic (exact) mass is 293 g/mol. The zero-order valence-corrected chi connectivity index (χ0v) is 11.4. The molecule has 0 spiro atoms. The maximum atomic E-state index is 11.7. The van der Waals surface area contributed by atoms with Crippen molar-refractivity contribution in [2.24, 2.45) is 5.92 Å². The summed E-state index contributed by atoms with van der Waals surface area (Å²) in [7, 11) is 0. The number of nitrogens with zero attached hydrogens (tertiary/aromatic N) is 1. The molecule has 1 atom stereocenters. The van der Waals surface area contributed by atoms with Crippen LogP contribution in [0.15, 0.2) is 36.0 Å². The molecule has 1 aromatic rings. The van der Waals surface area contributed by atoms with Gasteiger partial charge in [0.1, 0.15) is 0 Å². The van der Waals surface area contributed by atoms with Crippen LogP contribution in [0.25, 0.3) is 0 Å². The van der Waals surface area contributed by atoms with Crippen LogP contribution in [0.3, 0.4) is 0 Å². The second-order valence-corrected chi connectivity index (χ2v) is 3.95. The van der Waals surface area contributed by atoms with Gasteiger partial charge in [-0.2, -0.15) is 0 Å². The van der Waals surface area contributed by atoms with E-state index in [1.807, 2.05) is 0 Å². The maximum absolute atomic E-state index is 11.7. The molecule has 0 aliphatic carbocycles. The fourth-order valence-corrected chi connectivity index (χ4v) is 1.77. The summed E-state index contributed by atoms with van der Waals surface area (Å²) in [4.78, 5) is 33.6. The van der Waals surface area contributed by atoms with Crippen molar-refractivity contribution in [2.75, 3.05) is 6.61 Å². The minimum atomic E-state index is -1.27. The second kappa shape index (κ2) is 6.18. The number of hydrogen-bond donors (Lipinski definition) is 0. The third-order valence-corrected chi connectivity index (χ3v) is 2.65. The number of hydroxylamine groups is 2. The highest BCUT2D eigenvalue weighted by molar-refractivity contribution is 7.78. The normalized spacial score (nSPS) is 17.4. The Kier molecular flexibility index (Phi) is 4.34. The third-order valence-electron chi connectivity index (χ3n) is 2.44. The standard InChI is InChI=1S/C13H11NO5S/c1-2-17-12(15)11-10(8-20)14(19-13(11)16)18-9-6-4-3-5-7-9/h3-7,11H,2H2,1H3. The molecule has 20 heavy (non-hydrogen) atoms. The number of para-hydroxylation sites is 1. The van der Waals surface area contributed by atoms with Crippen LogP contribution in [0.4, 0.5) is 0 Å². The van der Waals surface area contributed by atoms with Crippen molar-refractivity contribution >= 4 is 29.2 Å². The van der Waals surface area contributed by atoms with Crippen LogP contribution in [0.5, 0.6) is 5.75 Å². The Morgan fingerprint density at radius 3 is 2.75 bits per heavy atom. The molecular formula is C13H11NO5S. The number of rotatable bonds is 4. The first-order valence-corrected chi connectivity index (χ1v) is 6.24. The Balaban J connectivity index is 2.19. The van der Waals surface area contributed by atoms with E-state index in [2.05, 4.69) is 17.2 Å². The van der Waals surface area contributed by atoms with E-state index in [9.17, 15) is 9.59 Å². The molecule has 7 heteroatoms. The minimum Gasteiger partial charge on any atom is -0.465 e. The predicted octanol–water partition coefficient (Wildman–Crippen LogP) is 1.42. The van der Waals surface area contributed by atoms with Gasteiger partial charge in [-0.05, 0) is 41.5 Å². The van der Waals surface area contributed by atoms with Crippen molar-refractivity contribution in [1.29, 1.82) is 0 Å². The lowest BCUT2D eigenvalue weighted by Crippen LogP contribution is -2.26. The Morgan fingerprint density at radius 2 is 2.15 bits per heavy atom. The van der Waals surface area contributed by atoms with Gasteiger partial charge in [-0.1, -0.05) is 18.2 Å². The van der Waals surface area contributed by atoms with Gasteiger partial charge in [-0.15, -0.1) is 0 Å². The first kappa shape index (κ1) is 14.0. The van der Waals surface area contributed by atoms with Crippen molar-refractivity contribution < 1.29 is 24.0 Å². The van der Waals surface area contributed by atoms with E-state index < -0.39 is 17.9 Å². The molecule has 0 N–H and O–H groups in total. The van der Waals surface area contributed by atoms with Gasteiger partial charge in [0, 0.05) is 0 Å². The molecule has 1 heterocycles. The van der Waals surface area contributed by atoms with Crippen LogP contribution in [0.2, 0.25) is 0 Å². The second-order valence-electron chi connectivity index (χ2n) is 3.74. The van der Waals surface area contributed by atoms with Crippen molar-refractivity contribution in [3.8, 4) is 5.75 Å². The third kappa shape index (κ3) is 2.79. The summed E-state index contributed by atoms with van der Waals surface area (Å²) in [5.41, 5.74) is -0.00713. The molecule has 0 radical (unpaired) electrons. The number of hydrogen-bond acceptors (Lipinski definition) is 7. The highest BCUT2D eigenvalue weighted by Crippen LogP contribution is 2.27. The highest BCUT2D eigenvalue weighted by Gasteiger charge is 2.47. The lowest BCUT2D eigenvalue weighted by molar-refractivity contribution is -0.254. The number of carbonyl (C=O) groups excluding carboxylic acids is 2. The van der Waals surface area contributed by atoms with Crippen LogP contribution >= 0.6 is 12.2 Å². The first-order valence-electron chi connectivity index (χ1n) is 5.84. The molecule has 0 saturated carbocycles. The highest BCUT2D eigenvalue weighted by atomic mass is 32.1. The number of thiocarbonyl (C=S) groups is 1. The largest absolute Gasteiger partial charge is 0.465 e. The van der Waals surface area contributed by atoms with Crippen LogP contribution in [-0.4, -0.2) is 28.8 Å². The zero-order valence-electron chi connectivity index (χ0n) is 10.6. The van der Waals surface area contributed by atoms with Gasteiger partial charge < -0.3 is 14.4 Å². The van der Waals surface area contributed by atoms with Crippen molar-refractivity contribution in [2.45, 2.75) is 6.92 Å². The number of ether oxygens (including phenoxy) is 1. The Hall–Kier alpha value is -2.37. The summed E-state index contributed by atoms with van der Waals surface area (Å²) >= 11 is 4.69. The van der Waals surface area contributed by atoms with Crippen LogP contribution in [0, 0.1) is 5.92 Å². The predicted molar refractivity (Wildman–Crippen MR) is 71.2 cm³/mol. The van der Waals surface area contributed by atoms with E-state index >= 15 is 0 Å². The van der Waals surface area contributed by atoms with E-state index in [0.29, 0.717) is 5.75 Å². The Morgan fingerprint density at radius 1 is 1.45 bits per heavy atom. The summed E-state index contributed by atoms with van der Waals surface area (Å²) in [6.45, 7) is 1.78. The molecule has 0 aromatic heterocycles. The molecule has 1 fully saturated rings. The molecule has 0 bridgehead atoms. The molecule has 2 rings (SSSR count). The van der Waals surface area contributed by atoms with Crippen LogP contribution < -0.4 is 4.84 Å². The zero-order chi connectivity index (χ0) is 14.5. The van der Waals surface area contributed by atoms with Gasteiger partial charge in [-0.3, -0.25) is 4.79 Å². The average Bonchev–Trinajstić information content (AvgIpc) is 2.75. The Bertz CT molecular complexity index is 567. The van der Waals surface area contributed by atoms with E-state index in [1.54, 1.807) is 37.3 Å². The summed E-state index contributed by atoms with van der Waals surface area (Å²) in [6, 6.07) is 8.62. The quantitative estimate of drug-likeness (QED) is 0.472. The van der Waals surface area contributed by atoms with Gasteiger partial charge in [-0.25, -0.2) is 4.79 Å². The van der Waals surface area contributed by atoms with E-state index in [1.165, 1.54) is 0 Å². The number of benzene rings is 1. The van der Waals surface area contributed by atoms with E-state index in [4.69, 9.17) is 14.4 Å². The summed E-state index contributed by atoms with van der Waals surface area (Å²) in [5.74, 6) is -2.40. The molecule has 104 valence electrons. The molecular weight excluding hydrogens is 282 g/mol. The van der Waals surface area contributed by atoms with Crippen molar-refractivity contribution in [3.05, 3.63) is 36.0 Å². The molecule has 1 aliphatic rings. The molecule has 6 nitrogen and oxygen atoms in total. The summed E-state index contributed by atoms with van der Waals surface area (Å²) < 4.78 is 4.80. The first-order chi connectivity index (χ1) is 9.67. The molecule has 1 unspecified atom stereocenters. The van der Waals surface area contributed by atoms with Gasteiger partial charge in [0.05, 0.1) is 6.61 Å². The Labute approximate surface area is 120 Å². The molecule has 1 aliphatic heterocycles. The minimum absolute atomic E-state index is 0.00713. The lowest BCUT2D eigenvalue weighted by atomic mass is 10.1. The van der Waals surface area contributed by atoms with Gasteiger partial charge >= 0.3 is 11.9 Å². The van der Waals surface area contributed by atoms with Gasteiger partial charge in [0.2, 0.25) is 5.92 Å². The van der Waals surface area contributed by atoms with E-state index in [-0.39, 0.29) is 12.3 Å². The van der Waals surface area contributed by atoms with Crippen molar-refractivity contribution in [1.82, 2.24) is 5.23 Å². The molecule has 1 aromatic carbocycles. The SMILES string of the molecule is CCOC(=O)C1C(=O)ON(Oc2ccccc2)C1=C=S. The number of esters is 1. The van der Waals surface area contributed by atoms with Gasteiger partial charge in [0.25, 0.3) is 0 Å². The molecule has 1 saturated heterocycles. The topological polar surface area (TPSA) is 65.1 Å². The van der Waals surface area contributed by atoms with Crippen molar-refractivity contribution in [3.63, 3.8) is 0 Å². The smallest absolute Gasteiger partial charge is 0.357 e. The lowest BCUT2D eigenvalue weighted by Gasteiger charge is -2.15. The van der Waals surface area contributed by atoms with Gasteiger partial charge in [0.15, 0.2) is 11.4 Å². The van der Waals surface area contributed by atoms with E-state index in [0.717, 1.165) is 5.23 Å². The maximum Gasteiger partial charge on any atom is 0.357 e. The van der Waals surface area contributed by atoms with Crippen LogP contribution in [-0.2, 0) is 19.2 Å². The summed E-state index contributed by atoms with van der Waals surface area (Å²) in [5, 5.41) is 3.09. The molecule has 0 amide bonds. The summed E-state index contributed by atoms with van der Waals surface area (Å²) in [6.07, 6.45) is 0. The fourth-order valence-electron chi connectivity index (χ4n) is 1.58.